The van der Waals surface area contributed by atoms with Crippen LogP contribution in [0.1, 0.15) is 47.5 Å². The highest BCUT2D eigenvalue weighted by atomic mass is 19.4. The largest absolute Gasteiger partial charge is 0.416 e. The fourth-order valence-electron chi connectivity index (χ4n) is 3.80. The summed E-state index contributed by atoms with van der Waals surface area (Å²) in [5.41, 5.74) is 8.96. The minimum Gasteiger partial charge on any atom is -0.399 e. The number of alkyl halides is 3. The second-order valence-electron chi connectivity index (χ2n) is 7.36. The number of hydrogen-bond acceptors (Lipinski definition) is 4. The van der Waals surface area contributed by atoms with Crippen LogP contribution in [0.5, 0.6) is 0 Å². The molecule has 4 nitrogen and oxygen atoms in total. The Kier molecular flexibility index (Phi) is 4.40. The molecule has 0 radical (unpaired) electrons. The zero-order valence-corrected chi connectivity index (χ0v) is 15.7. The van der Waals surface area contributed by atoms with Gasteiger partial charge >= 0.3 is 6.18 Å². The Hall–Kier alpha value is -2.83. The lowest BCUT2D eigenvalue weighted by atomic mass is 10.0. The van der Waals surface area contributed by atoms with Crippen molar-refractivity contribution in [2.24, 2.45) is 0 Å². The van der Waals surface area contributed by atoms with E-state index in [4.69, 9.17) is 5.73 Å². The Morgan fingerprint density at radius 1 is 1.04 bits per heavy atom. The molecule has 1 aliphatic rings. The third kappa shape index (κ3) is 3.48. The molecular weight excluding hydrogens is 365 g/mol. The monoisotopic (exact) mass is 386 g/mol. The van der Waals surface area contributed by atoms with E-state index in [9.17, 15) is 13.2 Å². The first-order valence-corrected chi connectivity index (χ1v) is 9.25. The molecule has 1 heterocycles. The minimum absolute atomic E-state index is 0.0834. The summed E-state index contributed by atoms with van der Waals surface area (Å²) in [4.78, 5) is 9.04. The molecule has 0 aliphatic heterocycles. The lowest BCUT2D eigenvalue weighted by Gasteiger charge is -2.19. The standard InChI is InChI=1S/C21H21F3N4/c1-11(15-6-16(21(22,23)24)10-17(25)7-15)26-20-18-8-13-4-3-5-14(13)9-19(18)27-12(2)28-20/h6-11H,3-5,25H2,1-2H3,(H,26,27,28)/t11-/m1/s1. The van der Waals surface area contributed by atoms with E-state index in [2.05, 4.69) is 27.4 Å². The zero-order valence-electron chi connectivity index (χ0n) is 15.7. The van der Waals surface area contributed by atoms with E-state index in [0.29, 0.717) is 17.2 Å². The topological polar surface area (TPSA) is 63.8 Å². The van der Waals surface area contributed by atoms with Gasteiger partial charge in [-0.3, -0.25) is 0 Å². The number of benzene rings is 2. The molecule has 28 heavy (non-hydrogen) atoms. The van der Waals surface area contributed by atoms with Crippen LogP contribution in [0.2, 0.25) is 0 Å². The number of aryl methyl sites for hydroxylation is 3. The summed E-state index contributed by atoms with van der Waals surface area (Å²) in [6.45, 7) is 3.61. The molecule has 0 bridgehead atoms. The molecule has 0 amide bonds. The van der Waals surface area contributed by atoms with E-state index in [0.717, 1.165) is 42.3 Å². The number of hydrogen-bond donors (Lipinski definition) is 2. The van der Waals surface area contributed by atoms with Crippen LogP contribution < -0.4 is 11.1 Å². The number of nitrogen functional groups attached to an aromatic ring is 1. The Morgan fingerprint density at radius 2 is 1.75 bits per heavy atom. The van der Waals surface area contributed by atoms with E-state index in [1.54, 1.807) is 13.0 Å². The molecule has 3 N–H and O–H groups in total. The SMILES string of the molecule is Cc1nc(N[C@H](C)c2cc(N)cc(C(F)(F)F)c2)c2cc3c(cc2n1)CCC3. The molecule has 2 aromatic carbocycles. The summed E-state index contributed by atoms with van der Waals surface area (Å²) >= 11 is 0. The smallest absolute Gasteiger partial charge is 0.399 e. The highest BCUT2D eigenvalue weighted by molar-refractivity contribution is 5.90. The average Bonchev–Trinajstić information content (AvgIpc) is 3.06. The van der Waals surface area contributed by atoms with Crippen LogP contribution in [-0.2, 0) is 19.0 Å². The van der Waals surface area contributed by atoms with Crippen molar-refractivity contribution >= 4 is 22.4 Å². The lowest BCUT2D eigenvalue weighted by Crippen LogP contribution is -2.13. The molecule has 1 aliphatic carbocycles. The van der Waals surface area contributed by atoms with Crippen LogP contribution in [0, 0.1) is 6.92 Å². The maximum Gasteiger partial charge on any atom is 0.416 e. The van der Waals surface area contributed by atoms with Gasteiger partial charge in [0.2, 0.25) is 0 Å². The van der Waals surface area contributed by atoms with Crippen LogP contribution in [0.15, 0.2) is 30.3 Å². The number of rotatable bonds is 3. The molecule has 7 heteroatoms. The number of anilines is 2. The fourth-order valence-corrected chi connectivity index (χ4v) is 3.80. The van der Waals surface area contributed by atoms with Gasteiger partial charge in [0.05, 0.1) is 17.1 Å². The summed E-state index contributed by atoms with van der Waals surface area (Å²) in [7, 11) is 0. The lowest BCUT2D eigenvalue weighted by molar-refractivity contribution is -0.137. The average molecular weight is 386 g/mol. The molecule has 146 valence electrons. The molecule has 4 rings (SSSR count). The van der Waals surface area contributed by atoms with E-state index in [-0.39, 0.29) is 5.69 Å². The Bertz CT molecular complexity index is 1060. The van der Waals surface area contributed by atoms with Gasteiger partial charge in [-0.15, -0.1) is 0 Å². The summed E-state index contributed by atoms with van der Waals surface area (Å²) in [6, 6.07) is 7.43. The van der Waals surface area contributed by atoms with Gasteiger partial charge in [0.25, 0.3) is 0 Å². The van der Waals surface area contributed by atoms with Crippen LogP contribution in [0.3, 0.4) is 0 Å². The van der Waals surface area contributed by atoms with Crippen molar-refractivity contribution < 1.29 is 13.2 Å². The molecule has 0 saturated heterocycles. The van der Waals surface area contributed by atoms with Crippen molar-refractivity contribution in [3.05, 3.63) is 58.4 Å². The number of aromatic nitrogens is 2. The number of fused-ring (bicyclic) bond motifs is 2. The van der Waals surface area contributed by atoms with E-state index < -0.39 is 17.8 Å². The molecule has 0 saturated carbocycles. The van der Waals surface area contributed by atoms with Crippen LogP contribution in [0.25, 0.3) is 10.9 Å². The highest BCUT2D eigenvalue weighted by Gasteiger charge is 2.31. The van der Waals surface area contributed by atoms with Crippen molar-refractivity contribution in [1.29, 1.82) is 0 Å². The fraction of sp³-hybridized carbons (Fsp3) is 0.333. The highest BCUT2D eigenvalue weighted by Crippen LogP contribution is 2.34. The minimum atomic E-state index is -4.44. The van der Waals surface area contributed by atoms with Crippen molar-refractivity contribution in [2.45, 2.75) is 45.3 Å². The first-order valence-electron chi connectivity index (χ1n) is 9.25. The summed E-state index contributed by atoms with van der Waals surface area (Å²) in [5, 5.41) is 4.15. The molecule has 0 unspecified atom stereocenters. The summed E-state index contributed by atoms with van der Waals surface area (Å²) in [6.07, 6.45) is -1.24. The van der Waals surface area contributed by atoms with E-state index in [1.807, 2.05) is 6.92 Å². The molecule has 1 atom stereocenters. The Morgan fingerprint density at radius 3 is 2.46 bits per heavy atom. The number of halogens is 3. The van der Waals surface area contributed by atoms with E-state index in [1.165, 1.54) is 11.1 Å². The predicted octanol–water partition coefficient (Wildman–Crippen LogP) is 5.20. The maximum atomic E-state index is 13.1. The first-order chi connectivity index (χ1) is 13.2. The van der Waals surface area contributed by atoms with Crippen LogP contribution in [-0.4, -0.2) is 9.97 Å². The van der Waals surface area contributed by atoms with Crippen molar-refractivity contribution in [2.75, 3.05) is 11.1 Å². The van der Waals surface area contributed by atoms with Gasteiger partial charge < -0.3 is 11.1 Å². The third-order valence-electron chi connectivity index (χ3n) is 5.18. The van der Waals surface area contributed by atoms with Gasteiger partial charge in [0.1, 0.15) is 11.6 Å². The van der Waals surface area contributed by atoms with Crippen LogP contribution >= 0.6 is 0 Å². The Balaban J connectivity index is 1.73. The number of nitrogens with one attached hydrogen (secondary N) is 1. The number of nitrogens with zero attached hydrogens (tertiary/aromatic N) is 2. The van der Waals surface area contributed by atoms with Crippen molar-refractivity contribution in [1.82, 2.24) is 9.97 Å². The van der Waals surface area contributed by atoms with Crippen molar-refractivity contribution in [3.8, 4) is 0 Å². The molecule has 0 fully saturated rings. The molecule has 0 spiro atoms. The van der Waals surface area contributed by atoms with E-state index >= 15 is 0 Å². The normalized spacial score (nSPS) is 14.9. The molecular formula is C21H21F3N4. The van der Waals surface area contributed by atoms with Gasteiger partial charge in [-0.25, -0.2) is 9.97 Å². The second kappa shape index (κ2) is 6.65. The van der Waals surface area contributed by atoms with Gasteiger partial charge in [-0.2, -0.15) is 13.2 Å². The predicted molar refractivity (Wildman–Crippen MR) is 104 cm³/mol. The molecule has 3 aromatic rings. The second-order valence-corrected chi connectivity index (χ2v) is 7.36. The third-order valence-corrected chi connectivity index (χ3v) is 5.18. The summed E-state index contributed by atoms with van der Waals surface area (Å²) in [5.74, 6) is 1.24. The maximum absolute atomic E-state index is 13.1. The first kappa shape index (κ1) is 18.5. The van der Waals surface area contributed by atoms with Gasteiger partial charge in [-0.05, 0) is 80.1 Å². The van der Waals surface area contributed by atoms with Gasteiger partial charge in [0, 0.05) is 11.1 Å². The molecule has 1 aromatic heterocycles. The van der Waals surface area contributed by atoms with Gasteiger partial charge in [-0.1, -0.05) is 0 Å². The van der Waals surface area contributed by atoms with Crippen molar-refractivity contribution in [3.63, 3.8) is 0 Å². The number of nitrogens with two attached hydrogens (primary N) is 1. The van der Waals surface area contributed by atoms with Gasteiger partial charge in [0.15, 0.2) is 0 Å². The quantitative estimate of drug-likeness (QED) is 0.607. The zero-order chi connectivity index (χ0) is 20.1. The van der Waals surface area contributed by atoms with Crippen LogP contribution in [0.4, 0.5) is 24.7 Å². The Labute approximate surface area is 161 Å². The summed E-state index contributed by atoms with van der Waals surface area (Å²) < 4.78 is 39.4.